The highest BCUT2D eigenvalue weighted by Gasteiger charge is 2.26. The van der Waals surface area contributed by atoms with Gasteiger partial charge in [0.25, 0.3) is 11.6 Å². The number of nitro groups is 1. The van der Waals surface area contributed by atoms with Gasteiger partial charge in [-0.1, -0.05) is 11.6 Å². The van der Waals surface area contributed by atoms with E-state index in [-0.39, 0.29) is 23.1 Å². The van der Waals surface area contributed by atoms with Crippen LogP contribution in [0.4, 0.5) is 17.1 Å². The number of rotatable bonds is 6. The summed E-state index contributed by atoms with van der Waals surface area (Å²) < 4.78 is 5.73. The molecule has 2 fully saturated rings. The van der Waals surface area contributed by atoms with Crippen molar-refractivity contribution in [2.75, 3.05) is 55.7 Å². The van der Waals surface area contributed by atoms with Gasteiger partial charge in [-0.15, -0.1) is 0 Å². The zero-order chi connectivity index (χ0) is 24.2. The van der Waals surface area contributed by atoms with Crippen molar-refractivity contribution in [2.24, 2.45) is 0 Å². The first-order valence-corrected chi connectivity index (χ1v) is 12.2. The second-order valence-corrected chi connectivity index (χ2v) is 9.38. The number of hydrogen-bond acceptors (Lipinski definition) is 6. The number of anilines is 2. The summed E-state index contributed by atoms with van der Waals surface area (Å²) in [5.41, 5.74) is 3.66. The van der Waals surface area contributed by atoms with Crippen LogP contribution in [0, 0.1) is 24.0 Å². The summed E-state index contributed by atoms with van der Waals surface area (Å²) in [5, 5.41) is 12.3. The lowest BCUT2D eigenvalue weighted by molar-refractivity contribution is -0.384. The van der Waals surface area contributed by atoms with E-state index in [1.807, 2.05) is 43.0 Å². The smallest absolute Gasteiger partial charge is 0.292 e. The molecule has 8 nitrogen and oxygen atoms in total. The van der Waals surface area contributed by atoms with Crippen LogP contribution < -0.4 is 14.5 Å². The Morgan fingerprint density at radius 1 is 0.971 bits per heavy atom. The minimum absolute atomic E-state index is 0.0167. The van der Waals surface area contributed by atoms with E-state index in [0.717, 1.165) is 42.7 Å². The van der Waals surface area contributed by atoms with Gasteiger partial charge in [-0.05, 0) is 68.5 Å². The van der Waals surface area contributed by atoms with Crippen molar-refractivity contribution in [3.63, 3.8) is 0 Å². The largest absolute Gasteiger partial charge is 0.484 e. The van der Waals surface area contributed by atoms with Gasteiger partial charge in [0.1, 0.15) is 11.4 Å². The standard InChI is InChI=1S/C25H31ClN4O4/c1-18-14-21(15-19(2)25(18)26)34-17-24(31)29-12-10-27(11-13-29)20-6-7-22(30(32)33)23(16-20)28-8-4-3-5-9-28/h6-7,14-16H,3-5,8-13,17H2,1-2H3. The topological polar surface area (TPSA) is 79.2 Å². The first-order valence-electron chi connectivity index (χ1n) is 11.8. The number of ether oxygens (including phenoxy) is 1. The van der Waals surface area contributed by atoms with Crippen molar-refractivity contribution < 1.29 is 14.5 Å². The molecule has 0 atom stereocenters. The van der Waals surface area contributed by atoms with Crippen molar-refractivity contribution in [3.8, 4) is 5.75 Å². The Morgan fingerprint density at radius 2 is 1.62 bits per heavy atom. The number of amides is 1. The van der Waals surface area contributed by atoms with Crippen LogP contribution in [0.2, 0.25) is 5.02 Å². The Labute approximate surface area is 205 Å². The number of hydrogen-bond donors (Lipinski definition) is 0. The number of aryl methyl sites for hydroxylation is 2. The fourth-order valence-corrected chi connectivity index (χ4v) is 4.80. The summed E-state index contributed by atoms with van der Waals surface area (Å²) in [6, 6.07) is 9.05. The molecule has 2 aliphatic heterocycles. The lowest BCUT2D eigenvalue weighted by Crippen LogP contribution is -2.50. The molecule has 4 rings (SSSR count). The predicted molar refractivity (Wildman–Crippen MR) is 134 cm³/mol. The zero-order valence-electron chi connectivity index (χ0n) is 19.8. The van der Waals surface area contributed by atoms with Crippen LogP contribution in [-0.4, -0.2) is 61.6 Å². The second-order valence-electron chi connectivity index (χ2n) is 9.01. The molecule has 2 saturated heterocycles. The number of piperazine rings is 1. The molecule has 2 aliphatic rings. The molecule has 0 aromatic heterocycles. The lowest BCUT2D eigenvalue weighted by Gasteiger charge is -2.36. The summed E-state index contributed by atoms with van der Waals surface area (Å²) in [6.07, 6.45) is 3.28. The molecule has 0 N–H and O–H groups in total. The van der Waals surface area contributed by atoms with Gasteiger partial charge in [-0.2, -0.15) is 0 Å². The van der Waals surface area contributed by atoms with Gasteiger partial charge in [0, 0.05) is 56.0 Å². The Morgan fingerprint density at radius 3 is 2.24 bits per heavy atom. The molecule has 0 bridgehead atoms. The average Bonchev–Trinajstić information content (AvgIpc) is 2.86. The van der Waals surface area contributed by atoms with Gasteiger partial charge in [-0.25, -0.2) is 0 Å². The summed E-state index contributed by atoms with van der Waals surface area (Å²) in [6.45, 7) is 8.00. The molecule has 182 valence electrons. The van der Waals surface area contributed by atoms with Gasteiger partial charge in [0.15, 0.2) is 6.61 Å². The van der Waals surface area contributed by atoms with Crippen LogP contribution >= 0.6 is 11.6 Å². The number of halogens is 1. The van der Waals surface area contributed by atoms with E-state index in [0.29, 0.717) is 42.6 Å². The molecule has 0 unspecified atom stereocenters. The minimum Gasteiger partial charge on any atom is -0.484 e. The summed E-state index contributed by atoms with van der Waals surface area (Å²) in [7, 11) is 0. The van der Waals surface area contributed by atoms with E-state index in [4.69, 9.17) is 16.3 Å². The maximum Gasteiger partial charge on any atom is 0.292 e. The van der Waals surface area contributed by atoms with Gasteiger partial charge in [-0.3, -0.25) is 14.9 Å². The molecule has 2 heterocycles. The van der Waals surface area contributed by atoms with Crippen molar-refractivity contribution in [1.29, 1.82) is 0 Å². The number of nitro benzene ring substituents is 1. The predicted octanol–water partition coefficient (Wildman–Crippen LogP) is 4.58. The van der Waals surface area contributed by atoms with Crippen LogP contribution in [0.25, 0.3) is 0 Å². The Bertz CT molecular complexity index is 1040. The third-order valence-corrected chi connectivity index (χ3v) is 7.22. The summed E-state index contributed by atoms with van der Waals surface area (Å²) in [4.78, 5) is 30.1. The number of nitrogens with zero attached hydrogens (tertiary/aromatic N) is 4. The number of benzene rings is 2. The maximum atomic E-state index is 12.7. The minimum atomic E-state index is -0.298. The molecule has 1 amide bonds. The highest BCUT2D eigenvalue weighted by molar-refractivity contribution is 6.32. The summed E-state index contributed by atoms with van der Waals surface area (Å²) >= 11 is 6.20. The number of carbonyl (C=O) groups excluding carboxylic acids is 1. The van der Waals surface area contributed by atoms with E-state index in [1.165, 1.54) is 6.42 Å². The van der Waals surface area contributed by atoms with Crippen molar-refractivity contribution in [1.82, 2.24) is 4.90 Å². The van der Waals surface area contributed by atoms with E-state index < -0.39 is 0 Å². The molecule has 0 saturated carbocycles. The average molecular weight is 487 g/mol. The summed E-state index contributed by atoms with van der Waals surface area (Å²) in [5.74, 6) is 0.588. The highest BCUT2D eigenvalue weighted by atomic mass is 35.5. The molecule has 2 aromatic rings. The third-order valence-electron chi connectivity index (χ3n) is 6.62. The third kappa shape index (κ3) is 5.38. The van der Waals surface area contributed by atoms with Crippen molar-refractivity contribution in [3.05, 3.63) is 56.6 Å². The number of carbonyl (C=O) groups is 1. The first kappa shape index (κ1) is 24.1. The molecular weight excluding hydrogens is 456 g/mol. The Hall–Kier alpha value is -3.00. The van der Waals surface area contributed by atoms with Gasteiger partial charge in [0.05, 0.1) is 4.92 Å². The van der Waals surface area contributed by atoms with E-state index in [1.54, 1.807) is 6.07 Å². The van der Waals surface area contributed by atoms with E-state index in [2.05, 4.69) is 9.80 Å². The molecule has 34 heavy (non-hydrogen) atoms. The maximum absolute atomic E-state index is 12.7. The van der Waals surface area contributed by atoms with Gasteiger partial charge in [0.2, 0.25) is 0 Å². The van der Waals surface area contributed by atoms with E-state index in [9.17, 15) is 14.9 Å². The Balaban J connectivity index is 1.36. The quantitative estimate of drug-likeness (QED) is 0.439. The molecule has 0 spiro atoms. The fourth-order valence-electron chi connectivity index (χ4n) is 4.69. The fraction of sp³-hybridized carbons (Fsp3) is 0.480. The van der Waals surface area contributed by atoms with Gasteiger partial charge >= 0.3 is 0 Å². The monoisotopic (exact) mass is 486 g/mol. The zero-order valence-corrected chi connectivity index (χ0v) is 20.5. The van der Waals surface area contributed by atoms with Crippen LogP contribution in [0.15, 0.2) is 30.3 Å². The molecule has 0 radical (unpaired) electrons. The van der Waals surface area contributed by atoms with Crippen LogP contribution in [0.1, 0.15) is 30.4 Å². The van der Waals surface area contributed by atoms with Crippen LogP contribution in [0.3, 0.4) is 0 Å². The lowest BCUT2D eigenvalue weighted by atomic mass is 10.1. The van der Waals surface area contributed by atoms with E-state index >= 15 is 0 Å². The molecular formula is C25H31ClN4O4. The van der Waals surface area contributed by atoms with Crippen molar-refractivity contribution in [2.45, 2.75) is 33.1 Å². The molecule has 9 heteroatoms. The first-order chi connectivity index (χ1) is 16.3. The highest BCUT2D eigenvalue weighted by Crippen LogP contribution is 2.34. The Kier molecular flexibility index (Phi) is 7.46. The van der Waals surface area contributed by atoms with Crippen molar-refractivity contribution >= 4 is 34.6 Å². The SMILES string of the molecule is Cc1cc(OCC(=O)N2CCN(c3ccc([N+](=O)[O-])c(N4CCCCC4)c3)CC2)cc(C)c1Cl. The molecule has 0 aliphatic carbocycles. The van der Waals surface area contributed by atoms with Crippen LogP contribution in [0.5, 0.6) is 5.75 Å². The van der Waals surface area contributed by atoms with Crippen LogP contribution in [-0.2, 0) is 4.79 Å². The number of piperidine rings is 1. The van der Waals surface area contributed by atoms with Gasteiger partial charge < -0.3 is 19.4 Å². The normalized spacial score (nSPS) is 16.5. The molecule has 2 aromatic carbocycles. The second kappa shape index (κ2) is 10.5.